The molecule has 0 fully saturated rings. The van der Waals surface area contributed by atoms with E-state index in [1.807, 2.05) is 0 Å². The summed E-state index contributed by atoms with van der Waals surface area (Å²) in [6, 6.07) is 4.72. The molecule has 2 heterocycles. The lowest BCUT2D eigenvalue weighted by atomic mass is 9.72. The Bertz CT molecular complexity index is 743. The third kappa shape index (κ3) is 3.74. The molecule has 1 aromatic rings. The van der Waals surface area contributed by atoms with Crippen LogP contribution in [0.5, 0.6) is 5.75 Å². The highest BCUT2D eigenvalue weighted by atomic mass is 16.5. The van der Waals surface area contributed by atoms with Gasteiger partial charge in [0.05, 0.1) is 17.2 Å². The van der Waals surface area contributed by atoms with Crippen LogP contribution in [0.25, 0.3) is 0 Å². The first-order chi connectivity index (χ1) is 12.5. The van der Waals surface area contributed by atoms with Crippen LogP contribution in [0.4, 0.5) is 0 Å². The molecule has 1 atom stereocenters. The maximum absolute atomic E-state index is 12.3. The lowest BCUT2D eigenvalue weighted by Gasteiger charge is -2.29. The standard InChI is InChI=1S/C15H20BN5O5/c17-5-4-10-7-18-20-21(10)8-13(22)19-12-6-9-2-1-3-11(15(23)24)14(9)26-16(12)25/h1-3,7,12,18,20,25H,4-6,8,17H2,(H,19,22)(H,23,24)/t12-/m0/s1. The van der Waals surface area contributed by atoms with E-state index in [1.165, 1.54) is 6.07 Å². The van der Waals surface area contributed by atoms with Gasteiger partial charge in [-0.1, -0.05) is 12.1 Å². The molecule has 26 heavy (non-hydrogen) atoms. The lowest BCUT2D eigenvalue weighted by Crippen LogP contribution is -2.55. The lowest BCUT2D eigenvalue weighted by molar-refractivity contribution is -0.122. The zero-order valence-corrected chi connectivity index (χ0v) is 13.9. The average molecular weight is 361 g/mol. The molecule has 0 unspecified atom stereocenters. The van der Waals surface area contributed by atoms with E-state index in [0.717, 1.165) is 5.70 Å². The Kier molecular flexibility index (Phi) is 5.31. The van der Waals surface area contributed by atoms with Crippen LogP contribution in [0.15, 0.2) is 30.1 Å². The van der Waals surface area contributed by atoms with E-state index in [4.69, 9.17) is 10.4 Å². The first-order valence-electron chi connectivity index (χ1n) is 8.16. The Morgan fingerprint density at radius 1 is 1.46 bits per heavy atom. The summed E-state index contributed by atoms with van der Waals surface area (Å²) in [5, 5.41) is 23.7. The van der Waals surface area contributed by atoms with Crippen molar-refractivity contribution in [2.45, 2.75) is 18.8 Å². The minimum Gasteiger partial charge on any atom is -0.534 e. The van der Waals surface area contributed by atoms with Gasteiger partial charge in [0.15, 0.2) is 0 Å². The van der Waals surface area contributed by atoms with Crippen LogP contribution in [0, 0.1) is 0 Å². The molecular formula is C15H20BN5O5. The summed E-state index contributed by atoms with van der Waals surface area (Å²) in [6.45, 7) is 0.468. The molecule has 3 rings (SSSR count). The normalized spacial score (nSPS) is 18.5. The monoisotopic (exact) mass is 361 g/mol. The molecule has 1 amide bonds. The number of nitrogens with two attached hydrogens (primary N) is 1. The molecule has 0 saturated heterocycles. The topological polar surface area (TPSA) is 149 Å². The number of carbonyl (C=O) groups is 2. The number of aromatic carboxylic acids is 1. The molecule has 0 bridgehead atoms. The highest BCUT2D eigenvalue weighted by Gasteiger charge is 2.38. The molecule has 138 valence electrons. The number of nitrogens with zero attached hydrogens (tertiary/aromatic N) is 1. The van der Waals surface area contributed by atoms with E-state index in [0.29, 0.717) is 18.5 Å². The van der Waals surface area contributed by atoms with Crippen molar-refractivity contribution in [2.24, 2.45) is 5.73 Å². The summed E-state index contributed by atoms with van der Waals surface area (Å²) in [5.74, 6) is -2.01. The highest BCUT2D eigenvalue weighted by Crippen LogP contribution is 2.30. The predicted molar refractivity (Wildman–Crippen MR) is 92.4 cm³/mol. The molecule has 11 heteroatoms. The number of hydrogen-bond acceptors (Lipinski definition) is 8. The first kappa shape index (κ1) is 18.0. The molecule has 0 radical (unpaired) electrons. The third-order valence-corrected chi connectivity index (χ3v) is 4.18. The number of fused-ring (bicyclic) bond motifs is 1. The molecule has 2 aliphatic heterocycles. The van der Waals surface area contributed by atoms with Crippen molar-refractivity contribution in [1.82, 2.24) is 21.3 Å². The summed E-state index contributed by atoms with van der Waals surface area (Å²) in [7, 11) is -1.34. The Morgan fingerprint density at radius 3 is 3.00 bits per heavy atom. The molecule has 0 aliphatic carbocycles. The van der Waals surface area contributed by atoms with E-state index in [1.54, 1.807) is 23.3 Å². The first-order valence-corrected chi connectivity index (χ1v) is 8.16. The van der Waals surface area contributed by atoms with Crippen LogP contribution in [0.2, 0.25) is 0 Å². The predicted octanol–water partition coefficient (Wildman–Crippen LogP) is -1.66. The molecular weight excluding hydrogens is 341 g/mol. The zero-order valence-electron chi connectivity index (χ0n) is 13.9. The zero-order chi connectivity index (χ0) is 18.7. The van der Waals surface area contributed by atoms with Gasteiger partial charge in [-0.25, -0.2) is 4.79 Å². The molecule has 0 aromatic heterocycles. The van der Waals surface area contributed by atoms with Gasteiger partial charge in [0.2, 0.25) is 5.91 Å². The molecule has 0 spiro atoms. The largest absolute Gasteiger partial charge is 0.547 e. The average Bonchev–Trinajstić information content (AvgIpc) is 3.02. The SMILES string of the molecule is NCCC1=CNNN1CC(=O)N[C@H]1Cc2cccc(C(=O)O)c2OB1O. The molecule has 2 aliphatic rings. The van der Waals surface area contributed by atoms with Crippen molar-refractivity contribution in [3.63, 3.8) is 0 Å². The number of carboxylic acids is 1. The van der Waals surface area contributed by atoms with E-state index < -0.39 is 19.0 Å². The second-order valence-electron chi connectivity index (χ2n) is 6.00. The van der Waals surface area contributed by atoms with Crippen LogP contribution in [-0.2, 0) is 11.2 Å². The fourth-order valence-corrected chi connectivity index (χ4v) is 2.95. The quantitative estimate of drug-likeness (QED) is 0.327. The maximum atomic E-state index is 12.3. The van der Waals surface area contributed by atoms with E-state index in [-0.39, 0.29) is 30.2 Å². The van der Waals surface area contributed by atoms with Crippen molar-refractivity contribution in [1.29, 1.82) is 0 Å². The maximum Gasteiger partial charge on any atom is 0.547 e. The second kappa shape index (κ2) is 7.64. The fraction of sp³-hybridized carbons (Fsp3) is 0.333. The van der Waals surface area contributed by atoms with Crippen molar-refractivity contribution in [3.05, 3.63) is 41.2 Å². The number of carbonyl (C=O) groups excluding carboxylic acids is 1. The van der Waals surface area contributed by atoms with Crippen LogP contribution < -0.4 is 26.7 Å². The molecule has 0 saturated carbocycles. The number of rotatable bonds is 6. The highest BCUT2D eigenvalue weighted by molar-refractivity contribution is 6.47. The van der Waals surface area contributed by atoms with E-state index >= 15 is 0 Å². The van der Waals surface area contributed by atoms with Crippen molar-refractivity contribution in [2.75, 3.05) is 13.1 Å². The van der Waals surface area contributed by atoms with Gasteiger partial charge in [0, 0.05) is 12.6 Å². The summed E-state index contributed by atoms with van der Waals surface area (Å²) in [6.07, 6.45) is 2.59. The van der Waals surface area contributed by atoms with Gasteiger partial charge in [-0.15, -0.1) is 5.53 Å². The second-order valence-corrected chi connectivity index (χ2v) is 6.00. The van der Waals surface area contributed by atoms with Crippen LogP contribution in [-0.4, -0.2) is 53.2 Å². The third-order valence-electron chi connectivity index (χ3n) is 4.18. The minimum atomic E-state index is -1.34. The van der Waals surface area contributed by atoms with E-state index in [2.05, 4.69) is 16.3 Å². The van der Waals surface area contributed by atoms with Crippen LogP contribution in [0.3, 0.4) is 0 Å². The molecule has 7 N–H and O–H groups in total. The Balaban J connectivity index is 1.64. The van der Waals surface area contributed by atoms with Gasteiger partial charge in [0.25, 0.3) is 0 Å². The number of nitrogens with one attached hydrogen (secondary N) is 3. The fourth-order valence-electron chi connectivity index (χ4n) is 2.95. The number of para-hydroxylation sites is 1. The van der Waals surface area contributed by atoms with Gasteiger partial charge in [0.1, 0.15) is 12.3 Å². The number of carboxylic acid groups (broad SMARTS) is 1. The summed E-state index contributed by atoms with van der Waals surface area (Å²) < 4.78 is 5.36. The van der Waals surface area contributed by atoms with Gasteiger partial charge in [-0.2, -0.15) is 0 Å². The van der Waals surface area contributed by atoms with Gasteiger partial charge in [-0.05, 0) is 24.6 Å². The van der Waals surface area contributed by atoms with Crippen LogP contribution >= 0.6 is 0 Å². The smallest absolute Gasteiger partial charge is 0.534 e. The van der Waals surface area contributed by atoms with Crippen molar-refractivity contribution in [3.8, 4) is 5.75 Å². The van der Waals surface area contributed by atoms with Gasteiger partial charge >= 0.3 is 13.1 Å². The summed E-state index contributed by atoms with van der Waals surface area (Å²) >= 11 is 0. The molecule has 1 aromatic carbocycles. The van der Waals surface area contributed by atoms with Gasteiger partial charge < -0.3 is 31.3 Å². The van der Waals surface area contributed by atoms with Crippen LogP contribution in [0.1, 0.15) is 22.3 Å². The van der Waals surface area contributed by atoms with Gasteiger partial charge in [-0.3, -0.25) is 9.80 Å². The van der Waals surface area contributed by atoms with Crippen molar-refractivity contribution >= 4 is 19.0 Å². The number of hydrazine groups is 2. The Hall–Kier alpha value is -2.76. The van der Waals surface area contributed by atoms with Crippen molar-refractivity contribution < 1.29 is 24.4 Å². The number of hydrogen-bond donors (Lipinski definition) is 6. The summed E-state index contributed by atoms with van der Waals surface area (Å²) in [5.41, 5.74) is 12.6. The molecule has 10 nitrogen and oxygen atoms in total. The summed E-state index contributed by atoms with van der Waals surface area (Å²) in [4.78, 5) is 23.6. The Morgan fingerprint density at radius 2 is 2.27 bits per heavy atom. The van der Waals surface area contributed by atoms with E-state index in [9.17, 15) is 19.7 Å². The number of benzene rings is 1. The Labute approximate surface area is 150 Å². The minimum absolute atomic E-state index is 0.0179. The number of amides is 1.